The van der Waals surface area contributed by atoms with Crippen LogP contribution in [0.5, 0.6) is 0 Å². The maximum absolute atomic E-state index is 12.0. The van der Waals surface area contributed by atoms with Crippen molar-refractivity contribution in [1.82, 2.24) is 10.2 Å². The molecule has 0 radical (unpaired) electrons. The molecule has 3 N–H and O–H groups in total. The predicted octanol–water partition coefficient (Wildman–Crippen LogP) is 3.26. The Labute approximate surface area is 151 Å². The molecule has 1 rings (SSSR count). The van der Waals surface area contributed by atoms with E-state index >= 15 is 0 Å². The number of ether oxygens (including phenoxy) is 1. The van der Waals surface area contributed by atoms with Crippen molar-refractivity contribution in [3.63, 3.8) is 0 Å². The summed E-state index contributed by atoms with van der Waals surface area (Å²) in [7, 11) is 1.73. The summed E-state index contributed by atoms with van der Waals surface area (Å²) >= 11 is 0. The van der Waals surface area contributed by atoms with Crippen LogP contribution in [0.15, 0.2) is 29.3 Å². The van der Waals surface area contributed by atoms with Gasteiger partial charge in [0.15, 0.2) is 5.96 Å². The van der Waals surface area contributed by atoms with Crippen LogP contribution in [0.3, 0.4) is 0 Å². The number of amides is 1. The molecule has 0 aliphatic rings. The van der Waals surface area contributed by atoms with Crippen molar-refractivity contribution < 1.29 is 9.53 Å². The molecule has 25 heavy (non-hydrogen) atoms. The standard InChI is InChI=1S/C19H32N4O2/c1-6-7-12-21-17(20)22-13-15-8-10-16(11-9-15)14-23(5)18(24)25-19(2,3)4/h8-11H,6-7,12-14H2,1-5H3,(H3,20,21,22). The molecule has 6 nitrogen and oxygen atoms in total. The molecule has 0 saturated heterocycles. The number of unbranched alkanes of at least 4 members (excludes halogenated alkanes) is 1. The van der Waals surface area contributed by atoms with Crippen molar-refractivity contribution in [3.05, 3.63) is 35.4 Å². The zero-order valence-corrected chi connectivity index (χ0v) is 16.1. The number of nitrogens with zero attached hydrogens (tertiary/aromatic N) is 2. The van der Waals surface area contributed by atoms with Crippen LogP contribution in [-0.2, 0) is 17.8 Å². The highest BCUT2D eigenvalue weighted by Crippen LogP contribution is 2.12. The van der Waals surface area contributed by atoms with Gasteiger partial charge in [0, 0.05) is 20.1 Å². The van der Waals surface area contributed by atoms with Gasteiger partial charge in [-0.2, -0.15) is 0 Å². The first kappa shape index (κ1) is 20.8. The fourth-order valence-corrected chi connectivity index (χ4v) is 2.05. The van der Waals surface area contributed by atoms with Gasteiger partial charge in [-0.25, -0.2) is 9.79 Å². The highest BCUT2D eigenvalue weighted by molar-refractivity contribution is 5.77. The number of hydrogen-bond acceptors (Lipinski definition) is 3. The molecule has 140 valence electrons. The number of carbonyl (C=O) groups is 1. The number of aliphatic imine (C=N–C) groups is 1. The van der Waals surface area contributed by atoms with E-state index in [4.69, 9.17) is 10.5 Å². The second-order valence-electron chi connectivity index (χ2n) is 7.13. The third-order valence-corrected chi connectivity index (χ3v) is 3.42. The average Bonchev–Trinajstić information content (AvgIpc) is 2.53. The minimum atomic E-state index is -0.488. The Hall–Kier alpha value is -2.24. The van der Waals surface area contributed by atoms with E-state index in [9.17, 15) is 4.79 Å². The molecule has 0 fully saturated rings. The normalized spacial score (nSPS) is 12.0. The van der Waals surface area contributed by atoms with Crippen LogP contribution in [0.4, 0.5) is 4.79 Å². The lowest BCUT2D eigenvalue weighted by Crippen LogP contribution is -2.33. The van der Waals surface area contributed by atoms with E-state index in [0.29, 0.717) is 19.0 Å². The Morgan fingerprint density at radius 2 is 1.84 bits per heavy atom. The van der Waals surface area contributed by atoms with Crippen molar-refractivity contribution in [3.8, 4) is 0 Å². The number of nitrogens with one attached hydrogen (secondary N) is 1. The van der Waals surface area contributed by atoms with Gasteiger partial charge >= 0.3 is 6.09 Å². The number of nitrogens with two attached hydrogens (primary N) is 1. The Balaban J connectivity index is 2.50. The molecule has 1 amide bonds. The number of carbonyl (C=O) groups excluding carboxylic acids is 1. The average molecular weight is 348 g/mol. The molecular formula is C19H32N4O2. The molecule has 0 atom stereocenters. The van der Waals surface area contributed by atoms with Gasteiger partial charge in [-0.3, -0.25) is 0 Å². The summed E-state index contributed by atoms with van der Waals surface area (Å²) in [6.07, 6.45) is 1.88. The van der Waals surface area contributed by atoms with E-state index < -0.39 is 5.60 Å². The van der Waals surface area contributed by atoms with Gasteiger partial charge in [-0.1, -0.05) is 37.6 Å². The minimum Gasteiger partial charge on any atom is -0.444 e. The first-order valence-electron chi connectivity index (χ1n) is 8.77. The lowest BCUT2D eigenvalue weighted by molar-refractivity contribution is 0.0285. The molecule has 0 aliphatic carbocycles. The highest BCUT2D eigenvalue weighted by Gasteiger charge is 2.19. The summed E-state index contributed by atoms with van der Waals surface area (Å²) in [5.41, 5.74) is 7.45. The Morgan fingerprint density at radius 1 is 1.24 bits per heavy atom. The molecule has 6 heteroatoms. The van der Waals surface area contributed by atoms with Gasteiger partial charge in [-0.15, -0.1) is 0 Å². The summed E-state index contributed by atoms with van der Waals surface area (Å²) in [6.45, 7) is 9.59. The quantitative estimate of drug-likeness (QED) is 0.450. The molecule has 0 saturated carbocycles. The summed E-state index contributed by atoms with van der Waals surface area (Å²) in [5.74, 6) is 0.474. The predicted molar refractivity (Wildman–Crippen MR) is 102 cm³/mol. The van der Waals surface area contributed by atoms with E-state index in [1.165, 1.54) is 0 Å². The molecule has 1 aromatic carbocycles. The number of rotatable bonds is 7. The van der Waals surface area contributed by atoms with Crippen LogP contribution >= 0.6 is 0 Å². The Bertz CT molecular complexity index is 562. The first-order valence-corrected chi connectivity index (χ1v) is 8.77. The molecule has 0 heterocycles. The maximum Gasteiger partial charge on any atom is 0.410 e. The smallest absolute Gasteiger partial charge is 0.410 e. The SMILES string of the molecule is CCCCNC(N)=NCc1ccc(CN(C)C(=O)OC(C)(C)C)cc1. The summed E-state index contributed by atoms with van der Waals surface area (Å²) in [4.78, 5) is 17.9. The van der Waals surface area contributed by atoms with Gasteiger partial charge in [0.2, 0.25) is 0 Å². The van der Waals surface area contributed by atoms with Crippen LogP contribution in [0.2, 0.25) is 0 Å². The van der Waals surface area contributed by atoms with Crippen molar-refractivity contribution in [2.24, 2.45) is 10.7 Å². The van der Waals surface area contributed by atoms with Crippen molar-refractivity contribution in [2.45, 2.75) is 59.2 Å². The molecular weight excluding hydrogens is 316 g/mol. The lowest BCUT2D eigenvalue weighted by Gasteiger charge is -2.24. The van der Waals surface area contributed by atoms with Gasteiger partial charge in [0.1, 0.15) is 5.60 Å². The molecule has 0 bridgehead atoms. The maximum atomic E-state index is 12.0. The summed E-state index contributed by atoms with van der Waals surface area (Å²) in [5, 5.41) is 3.09. The number of benzene rings is 1. The molecule has 0 unspecified atom stereocenters. The Kier molecular flexibility index (Phi) is 8.25. The third-order valence-electron chi connectivity index (χ3n) is 3.42. The van der Waals surface area contributed by atoms with Crippen LogP contribution in [0.25, 0.3) is 0 Å². The van der Waals surface area contributed by atoms with Gasteiger partial charge in [0.25, 0.3) is 0 Å². The summed E-state index contributed by atoms with van der Waals surface area (Å²) < 4.78 is 5.35. The zero-order valence-electron chi connectivity index (χ0n) is 16.1. The van der Waals surface area contributed by atoms with Crippen LogP contribution < -0.4 is 11.1 Å². The zero-order chi connectivity index (χ0) is 18.9. The van der Waals surface area contributed by atoms with Crippen molar-refractivity contribution >= 4 is 12.1 Å². The molecule has 0 spiro atoms. The molecule has 0 aliphatic heterocycles. The molecule has 0 aromatic heterocycles. The lowest BCUT2D eigenvalue weighted by atomic mass is 10.1. The summed E-state index contributed by atoms with van der Waals surface area (Å²) in [6, 6.07) is 7.99. The van der Waals surface area contributed by atoms with Gasteiger partial charge in [0.05, 0.1) is 6.54 Å². The number of guanidine groups is 1. The van der Waals surface area contributed by atoms with Crippen LogP contribution in [-0.4, -0.2) is 36.1 Å². The second-order valence-corrected chi connectivity index (χ2v) is 7.13. The van der Waals surface area contributed by atoms with Gasteiger partial charge < -0.3 is 20.7 Å². The number of hydrogen-bond donors (Lipinski definition) is 2. The van der Waals surface area contributed by atoms with Crippen molar-refractivity contribution in [2.75, 3.05) is 13.6 Å². The van der Waals surface area contributed by atoms with E-state index in [2.05, 4.69) is 17.2 Å². The van der Waals surface area contributed by atoms with Gasteiger partial charge in [-0.05, 0) is 38.3 Å². The van der Waals surface area contributed by atoms with E-state index in [1.54, 1.807) is 11.9 Å². The first-order chi connectivity index (χ1) is 11.7. The topological polar surface area (TPSA) is 80.0 Å². The fraction of sp³-hybridized carbons (Fsp3) is 0.579. The van der Waals surface area contributed by atoms with E-state index in [-0.39, 0.29) is 6.09 Å². The monoisotopic (exact) mass is 348 g/mol. The third kappa shape index (κ3) is 8.98. The highest BCUT2D eigenvalue weighted by atomic mass is 16.6. The van der Waals surface area contributed by atoms with Crippen LogP contribution in [0.1, 0.15) is 51.7 Å². The Morgan fingerprint density at radius 3 is 2.40 bits per heavy atom. The van der Waals surface area contributed by atoms with Crippen molar-refractivity contribution in [1.29, 1.82) is 0 Å². The second kappa shape index (κ2) is 9.91. The molecule has 1 aromatic rings. The minimum absolute atomic E-state index is 0.327. The van der Waals surface area contributed by atoms with Crippen LogP contribution in [0, 0.1) is 0 Å². The largest absolute Gasteiger partial charge is 0.444 e. The van der Waals surface area contributed by atoms with E-state index in [1.807, 2.05) is 45.0 Å². The van der Waals surface area contributed by atoms with E-state index in [0.717, 1.165) is 30.5 Å². The fourth-order valence-electron chi connectivity index (χ4n) is 2.05.